The zero-order valence-corrected chi connectivity index (χ0v) is 11.2. The molecular formula is C13H14F3N5. The van der Waals surface area contributed by atoms with Gasteiger partial charge in [-0.15, -0.1) is 0 Å². The van der Waals surface area contributed by atoms with Gasteiger partial charge in [-0.2, -0.15) is 18.2 Å². The second-order valence-corrected chi connectivity index (χ2v) is 4.28. The predicted octanol–water partition coefficient (Wildman–Crippen LogP) is 3.09. The molecule has 2 rings (SSSR count). The molecule has 1 heterocycles. The van der Waals surface area contributed by atoms with E-state index >= 15 is 0 Å². The first-order valence-electron chi connectivity index (χ1n) is 6.21. The molecular weight excluding hydrogens is 283 g/mol. The number of nitrogen functional groups attached to an aromatic ring is 1. The maximum atomic E-state index is 12.7. The van der Waals surface area contributed by atoms with Crippen molar-refractivity contribution in [2.45, 2.75) is 19.5 Å². The van der Waals surface area contributed by atoms with E-state index in [9.17, 15) is 13.2 Å². The second kappa shape index (κ2) is 5.96. The molecule has 4 N–H and O–H groups in total. The highest BCUT2D eigenvalue weighted by atomic mass is 19.4. The summed E-state index contributed by atoms with van der Waals surface area (Å²) in [5.41, 5.74) is 2.71. The molecule has 0 aliphatic rings. The van der Waals surface area contributed by atoms with Crippen molar-refractivity contribution in [1.29, 1.82) is 0 Å². The number of rotatable bonds is 4. The molecule has 0 aliphatic carbocycles. The summed E-state index contributed by atoms with van der Waals surface area (Å²) in [6.07, 6.45) is -3.69. The van der Waals surface area contributed by atoms with Crippen molar-refractivity contribution in [2.24, 2.45) is 5.84 Å². The van der Waals surface area contributed by atoms with Gasteiger partial charge in [0.15, 0.2) is 5.69 Å². The Hall–Kier alpha value is -2.35. The summed E-state index contributed by atoms with van der Waals surface area (Å²) < 4.78 is 38.2. The lowest BCUT2D eigenvalue weighted by Gasteiger charge is -2.11. The molecule has 0 saturated heterocycles. The van der Waals surface area contributed by atoms with Crippen LogP contribution in [-0.4, -0.2) is 9.97 Å². The number of hydrazine groups is 1. The summed E-state index contributed by atoms with van der Waals surface area (Å²) in [6, 6.07) is 8.13. The first-order chi connectivity index (χ1) is 9.92. The third kappa shape index (κ3) is 3.82. The first kappa shape index (κ1) is 15.0. The number of hydrogen-bond acceptors (Lipinski definition) is 5. The molecule has 21 heavy (non-hydrogen) atoms. The molecule has 2 aromatic rings. The number of nitrogens with zero attached hydrogens (tertiary/aromatic N) is 2. The summed E-state index contributed by atoms with van der Waals surface area (Å²) in [7, 11) is 0. The topological polar surface area (TPSA) is 75.9 Å². The number of anilines is 3. The SMILES string of the molecule is CCc1ccc(Nc2cc(C(F)(F)F)nc(NN)n2)cc1. The standard InChI is InChI=1S/C13H14F3N5/c1-2-8-3-5-9(6-4-8)18-11-7-10(13(14,15)16)19-12(20-11)21-17/h3-7H,2,17H2,1H3,(H2,18,19,20,21). The van der Waals surface area contributed by atoms with Crippen LogP contribution in [0.1, 0.15) is 18.2 Å². The fraction of sp³-hybridized carbons (Fsp3) is 0.231. The normalized spacial score (nSPS) is 11.3. The monoisotopic (exact) mass is 297 g/mol. The van der Waals surface area contributed by atoms with Crippen LogP contribution < -0.4 is 16.6 Å². The van der Waals surface area contributed by atoms with Gasteiger partial charge < -0.3 is 5.32 Å². The highest BCUT2D eigenvalue weighted by molar-refractivity contribution is 5.58. The van der Waals surface area contributed by atoms with Crippen LogP contribution >= 0.6 is 0 Å². The molecule has 8 heteroatoms. The zero-order chi connectivity index (χ0) is 15.5. The molecule has 0 unspecified atom stereocenters. The van der Waals surface area contributed by atoms with Crippen LogP contribution in [0.4, 0.5) is 30.6 Å². The summed E-state index contributed by atoms with van der Waals surface area (Å²) in [5.74, 6) is 4.79. The first-order valence-corrected chi connectivity index (χ1v) is 6.21. The van der Waals surface area contributed by atoms with E-state index in [-0.39, 0.29) is 11.8 Å². The van der Waals surface area contributed by atoms with Crippen molar-refractivity contribution in [2.75, 3.05) is 10.7 Å². The number of halogens is 3. The van der Waals surface area contributed by atoms with Gasteiger partial charge in [0.1, 0.15) is 5.82 Å². The van der Waals surface area contributed by atoms with Crippen LogP contribution in [0.3, 0.4) is 0 Å². The number of alkyl halides is 3. The van der Waals surface area contributed by atoms with E-state index in [2.05, 4.69) is 15.3 Å². The van der Waals surface area contributed by atoms with E-state index in [1.54, 1.807) is 12.1 Å². The van der Waals surface area contributed by atoms with Gasteiger partial charge in [0.2, 0.25) is 5.95 Å². The minimum Gasteiger partial charge on any atom is -0.340 e. The molecule has 0 fully saturated rings. The van der Waals surface area contributed by atoms with Gasteiger partial charge in [-0.1, -0.05) is 19.1 Å². The molecule has 0 aliphatic heterocycles. The third-order valence-corrected chi connectivity index (χ3v) is 2.78. The Kier molecular flexibility index (Phi) is 4.27. The fourth-order valence-corrected chi connectivity index (χ4v) is 1.69. The lowest BCUT2D eigenvalue weighted by molar-refractivity contribution is -0.141. The van der Waals surface area contributed by atoms with E-state index < -0.39 is 11.9 Å². The van der Waals surface area contributed by atoms with Crippen molar-refractivity contribution < 1.29 is 13.2 Å². The molecule has 0 bridgehead atoms. The van der Waals surface area contributed by atoms with Crippen LogP contribution in [0.5, 0.6) is 0 Å². The Labute approximate surface area is 119 Å². The number of nitrogens with one attached hydrogen (secondary N) is 2. The van der Waals surface area contributed by atoms with Crippen LogP contribution in [0.25, 0.3) is 0 Å². The molecule has 1 aromatic heterocycles. The predicted molar refractivity (Wildman–Crippen MR) is 73.9 cm³/mol. The fourth-order valence-electron chi connectivity index (χ4n) is 1.69. The van der Waals surface area contributed by atoms with Crippen molar-refractivity contribution in [3.8, 4) is 0 Å². The number of hydrogen-bond donors (Lipinski definition) is 3. The summed E-state index contributed by atoms with van der Waals surface area (Å²) in [4.78, 5) is 7.12. The lowest BCUT2D eigenvalue weighted by atomic mass is 10.1. The van der Waals surface area contributed by atoms with Crippen LogP contribution in [0.15, 0.2) is 30.3 Å². The third-order valence-electron chi connectivity index (χ3n) is 2.78. The maximum Gasteiger partial charge on any atom is 0.433 e. The number of nitrogens with two attached hydrogens (primary N) is 1. The Morgan fingerprint density at radius 2 is 1.81 bits per heavy atom. The quantitative estimate of drug-likeness (QED) is 0.597. The van der Waals surface area contributed by atoms with Crippen LogP contribution in [0.2, 0.25) is 0 Å². The Balaban J connectivity index is 2.29. The van der Waals surface area contributed by atoms with Gasteiger partial charge in [0, 0.05) is 11.8 Å². The molecule has 0 saturated carbocycles. The Bertz CT molecular complexity index is 610. The molecule has 0 spiro atoms. The number of aryl methyl sites for hydroxylation is 1. The van der Waals surface area contributed by atoms with Crippen molar-refractivity contribution in [1.82, 2.24) is 9.97 Å². The lowest BCUT2D eigenvalue weighted by Crippen LogP contribution is -2.16. The molecule has 5 nitrogen and oxygen atoms in total. The molecule has 112 valence electrons. The average Bonchev–Trinajstić information content (AvgIpc) is 2.46. The van der Waals surface area contributed by atoms with Gasteiger partial charge in [-0.25, -0.2) is 10.8 Å². The van der Waals surface area contributed by atoms with E-state index in [0.717, 1.165) is 18.1 Å². The largest absolute Gasteiger partial charge is 0.433 e. The minimum atomic E-state index is -4.57. The number of aromatic nitrogens is 2. The summed E-state index contributed by atoms with van der Waals surface area (Å²) in [6.45, 7) is 2.02. The van der Waals surface area contributed by atoms with Crippen molar-refractivity contribution >= 4 is 17.5 Å². The van der Waals surface area contributed by atoms with Gasteiger partial charge in [0.05, 0.1) is 0 Å². The van der Waals surface area contributed by atoms with E-state index in [1.807, 2.05) is 24.5 Å². The van der Waals surface area contributed by atoms with E-state index in [0.29, 0.717) is 5.69 Å². The van der Waals surface area contributed by atoms with E-state index in [1.165, 1.54) is 0 Å². The van der Waals surface area contributed by atoms with Crippen LogP contribution in [-0.2, 0) is 12.6 Å². The second-order valence-electron chi connectivity index (χ2n) is 4.28. The van der Waals surface area contributed by atoms with E-state index in [4.69, 9.17) is 5.84 Å². The van der Waals surface area contributed by atoms with Crippen molar-refractivity contribution in [3.05, 3.63) is 41.6 Å². The summed E-state index contributed by atoms with van der Waals surface area (Å²) in [5, 5.41) is 2.80. The van der Waals surface area contributed by atoms with Crippen LogP contribution in [0, 0.1) is 0 Å². The minimum absolute atomic E-state index is 0.00882. The zero-order valence-electron chi connectivity index (χ0n) is 11.2. The highest BCUT2D eigenvalue weighted by Crippen LogP contribution is 2.30. The van der Waals surface area contributed by atoms with Crippen molar-refractivity contribution in [3.63, 3.8) is 0 Å². The Morgan fingerprint density at radius 3 is 2.33 bits per heavy atom. The maximum absolute atomic E-state index is 12.7. The molecule has 0 radical (unpaired) electrons. The van der Waals surface area contributed by atoms with Gasteiger partial charge in [-0.05, 0) is 24.1 Å². The van der Waals surface area contributed by atoms with Gasteiger partial charge in [0.25, 0.3) is 0 Å². The number of benzene rings is 1. The molecule has 0 amide bonds. The van der Waals surface area contributed by atoms with Gasteiger partial charge >= 0.3 is 6.18 Å². The highest BCUT2D eigenvalue weighted by Gasteiger charge is 2.33. The molecule has 1 aromatic carbocycles. The van der Waals surface area contributed by atoms with Gasteiger partial charge in [-0.3, -0.25) is 5.43 Å². The Morgan fingerprint density at radius 1 is 1.14 bits per heavy atom. The average molecular weight is 297 g/mol. The smallest absolute Gasteiger partial charge is 0.340 e. The molecule has 0 atom stereocenters. The summed E-state index contributed by atoms with van der Waals surface area (Å²) >= 11 is 0.